The van der Waals surface area contributed by atoms with E-state index in [2.05, 4.69) is 31.1 Å². The molecule has 6 rings (SSSR count). The molecule has 1 saturated heterocycles. The molecule has 5 atom stereocenters. The molecule has 25 heavy (non-hydrogen) atoms. The van der Waals surface area contributed by atoms with Crippen molar-refractivity contribution >= 4 is 21.7 Å². The first-order valence-corrected chi connectivity index (χ1v) is 9.57. The maximum Gasteiger partial charge on any atom is 0.225 e. The Balaban J connectivity index is 1.73. The van der Waals surface area contributed by atoms with Crippen LogP contribution in [0.4, 0.5) is 0 Å². The second-order valence-corrected chi connectivity index (χ2v) is 8.65. The number of aromatic nitrogens is 1. The van der Waals surface area contributed by atoms with Crippen molar-refractivity contribution in [1.29, 1.82) is 0 Å². The van der Waals surface area contributed by atoms with E-state index < -0.39 is 17.6 Å². The number of fused-ring (bicyclic) bond motifs is 2. The van der Waals surface area contributed by atoms with E-state index in [9.17, 15) is 15.0 Å². The van der Waals surface area contributed by atoms with Gasteiger partial charge in [0.2, 0.25) is 5.78 Å². The lowest BCUT2D eigenvalue weighted by atomic mass is 9.56. The fourth-order valence-corrected chi connectivity index (χ4v) is 6.49. The van der Waals surface area contributed by atoms with Gasteiger partial charge < -0.3 is 20.5 Å². The van der Waals surface area contributed by atoms with E-state index in [4.69, 9.17) is 0 Å². The summed E-state index contributed by atoms with van der Waals surface area (Å²) in [5.41, 5.74) is 3.94. The molecule has 4 heterocycles. The van der Waals surface area contributed by atoms with Crippen LogP contribution in [0.2, 0.25) is 0 Å². The lowest BCUT2D eigenvalue weighted by Crippen LogP contribution is -2.69. The average Bonchev–Trinajstić information content (AvgIpc) is 3.03. The van der Waals surface area contributed by atoms with Gasteiger partial charge >= 0.3 is 0 Å². The molecule has 5 aliphatic rings. The largest absolute Gasteiger partial charge is 0.390 e. The number of hydrogen-bond donors (Lipinski definition) is 4. The molecule has 7 heteroatoms. The topological polar surface area (TPSA) is 88.6 Å². The van der Waals surface area contributed by atoms with E-state index in [1.165, 1.54) is 5.56 Å². The maximum absolute atomic E-state index is 13.1. The number of aromatic amines is 1. The minimum atomic E-state index is -0.748. The van der Waals surface area contributed by atoms with Gasteiger partial charge in [-0.15, -0.1) is 0 Å². The van der Waals surface area contributed by atoms with Crippen molar-refractivity contribution in [3.05, 3.63) is 44.8 Å². The number of carbonyl (C=O) groups is 1. The SMILES string of the molecule is O=C1C2=C3C4c5c(c[nH]c51)CCN4C1C(O)C(Br)=CC3(CCN2)C1O. The normalized spacial score (nSPS) is 41.2. The van der Waals surface area contributed by atoms with Gasteiger partial charge in [-0.25, -0.2) is 0 Å². The van der Waals surface area contributed by atoms with Crippen LogP contribution in [0, 0.1) is 5.41 Å². The third-order valence-electron chi connectivity index (χ3n) is 6.82. The molecular weight excluding hydrogens is 386 g/mol. The summed E-state index contributed by atoms with van der Waals surface area (Å²) < 4.78 is 0.716. The fourth-order valence-electron chi connectivity index (χ4n) is 5.81. The number of H-pyrrole nitrogens is 1. The zero-order chi connectivity index (χ0) is 17.1. The van der Waals surface area contributed by atoms with Crippen LogP contribution in [0.15, 0.2) is 28.0 Å². The minimum Gasteiger partial charge on any atom is -0.390 e. The summed E-state index contributed by atoms with van der Waals surface area (Å²) in [5, 5.41) is 25.4. The molecule has 1 aromatic heterocycles. The number of nitrogens with zero attached hydrogens (tertiary/aromatic N) is 1. The number of halogens is 1. The number of rotatable bonds is 0. The Bertz CT molecular complexity index is 903. The Kier molecular flexibility index (Phi) is 2.63. The number of hydrogen-bond acceptors (Lipinski definition) is 5. The molecule has 3 aliphatic heterocycles. The first-order valence-electron chi connectivity index (χ1n) is 8.78. The average molecular weight is 404 g/mol. The van der Waals surface area contributed by atoms with Crippen LogP contribution in [-0.4, -0.2) is 57.2 Å². The van der Waals surface area contributed by atoms with Gasteiger partial charge in [0, 0.05) is 34.7 Å². The smallest absolute Gasteiger partial charge is 0.225 e. The Morgan fingerprint density at radius 1 is 1.36 bits per heavy atom. The zero-order valence-electron chi connectivity index (χ0n) is 13.4. The number of allylic oxidation sites excluding steroid dienone is 1. The monoisotopic (exact) mass is 403 g/mol. The first-order chi connectivity index (χ1) is 12.0. The van der Waals surface area contributed by atoms with E-state index in [0.29, 0.717) is 22.4 Å². The highest BCUT2D eigenvalue weighted by atomic mass is 79.9. The fraction of sp³-hybridized carbons (Fsp3) is 0.500. The minimum absolute atomic E-state index is 0.00489. The van der Waals surface area contributed by atoms with Crippen molar-refractivity contribution < 1.29 is 15.0 Å². The number of carbonyl (C=O) groups excluding carboxylic acids is 1. The number of ketones is 1. The van der Waals surface area contributed by atoms with Crippen molar-refractivity contribution in [3.63, 3.8) is 0 Å². The zero-order valence-corrected chi connectivity index (χ0v) is 15.0. The standard InChI is InChI=1S/C18H18BrN3O3/c19-8-5-18-2-3-20-12-10(18)13-9-7(6-21-11(9)16(12)24)1-4-22(13)14(15(8)23)17(18)25/h5-6,13-15,17,20-21,23,25H,1-4H2. The van der Waals surface area contributed by atoms with Crippen LogP contribution in [0.25, 0.3) is 0 Å². The van der Waals surface area contributed by atoms with Crippen molar-refractivity contribution in [1.82, 2.24) is 15.2 Å². The van der Waals surface area contributed by atoms with Gasteiger partial charge in [0.1, 0.15) is 6.10 Å². The molecule has 1 fully saturated rings. The summed E-state index contributed by atoms with van der Waals surface area (Å²) >= 11 is 3.52. The van der Waals surface area contributed by atoms with E-state index >= 15 is 0 Å². The number of nitrogens with one attached hydrogen (secondary N) is 2. The van der Waals surface area contributed by atoms with E-state index in [1.54, 1.807) is 0 Å². The summed E-state index contributed by atoms with van der Waals surface area (Å²) in [6.07, 6.45) is 3.98. The second-order valence-electron chi connectivity index (χ2n) is 7.74. The lowest BCUT2D eigenvalue weighted by Gasteiger charge is -2.62. The Labute approximate surface area is 152 Å². The van der Waals surface area contributed by atoms with Gasteiger partial charge in [0.25, 0.3) is 0 Å². The van der Waals surface area contributed by atoms with Gasteiger partial charge in [-0.1, -0.05) is 22.0 Å². The van der Waals surface area contributed by atoms with Gasteiger partial charge in [-0.05, 0) is 24.0 Å². The third-order valence-corrected chi connectivity index (χ3v) is 7.52. The van der Waals surface area contributed by atoms with Gasteiger partial charge in [-0.3, -0.25) is 9.69 Å². The number of Topliss-reactive ketones (excluding diaryl/α,β-unsaturated/α-hetero) is 1. The molecule has 4 N–H and O–H groups in total. The number of aliphatic hydroxyl groups is 2. The second kappa shape index (κ2) is 4.46. The van der Waals surface area contributed by atoms with Crippen LogP contribution in [-0.2, 0) is 6.42 Å². The molecule has 2 aliphatic carbocycles. The molecular formula is C18H18BrN3O3. The van der Waals surface area contributed by atoms with Crippen molar-refractivity contribution in [3.8, 4) is 0 Å². The molecule has 0 saturated carbocycles. The quantitative estimate of drug-likeness (QED) is 0.513. The van der Waals surface area contributed by atoms with Crippen LogP contribution in [0.3, 0.4) is 0 Å². The molecule has 130 valence electrons. The Morgan fingerprint density at radius 2 is 2.20 bits per heavy atom. The van der Waals surface area contributed by atoms with Crippen molar-refractivity contribution in [2.75, 3.05) is 13.1 Å². The first kappa shape index (κ1) is 14.7. The molecule has 6 nitrogen and oxygen atoms in total. The predicted octanol–water partition coefficient (Wildman–Crippen LogP) is 0.740. The highest BCUT2D eigenvalue weighted by molar-refractivity contribution is 9.11. The molecule has 0 radical (unpaired) electrons. The molecule has 2 bridgehead atoms. The summed E-state index contributed by atoms with van der Waals surface area (Å²) in [5.74, 6) is -0.00489. The van der Waals surface area contributed by atoms with Gasteiger partial charge in [0.05, 0.1) is 29.6 Å². The molecule has 0 amide bonds. The maximum atomic E-state index is 13.1. The van der Waals surface area contributed by atoms with Crippen LogP contribution >= 0.6 is 15.9 Å². The van der Waals surface area contributed by atoms with Crippen molar-refractivity contribution in [2.45, 2.75) is 37.1 Å². The summed E-state index contributed by atoms with van der Waals surface area (Å²) in [6, 6.07) is -0.415. The van der Waals surface area contributed by atoms with E-state index in [0.717, 1.165) is 30.5 Å². The molecule has 1 aromatic rings. The van der Waals surface area contributed by atoms with Crippen LogP contribution in [0.1, 0.15) is 34.1 Å². The van der Waals surface area contributed by atoms with Gasteiger partial charge in [0.15, 0.2) is 0 Å². The Morgan fingerprint density at radius 3 is 3.04 bits per heavy atom. The van der Waals surface area contributed by atoms with Crippen LogP contribution < -0.4 is 5.32 Å². The van der Waals surface area contributed by atoms with E-state index in [-0.39, 0.29) is 17.9 Å². The number of piperidine rings is 1. The van der Waals surface area contributed by atoms with E-state index in [1.807, 2.05) is 12.3 Å². The summed E-state index contributed by atoms with van der Waals surface area (Å²) in [7, 11) is 0. The highest BCUT2D eigenvalue weighted by Gasteiger charge is 2.63. The highest BCUT2D eigenvalue weighted by Crippen LogP contribution is 2.61. The molecule has 1 spiro atoms. The molecule has 0 aromatic carbocycles. The van der Waals surface area contributed by atoms with Crippen molar-refractivity contribution in [2.24, 2.45) is 5.41 Å². The lowest BCUT2D eigenvalue weighted by molar-refractivity contribution is -0.108. The summed E-state index contributed by atoms with van der Waals surface area (Å²) in [4.78, 5) is 18.5. The Hall–Kier alpha value is -1.41. The summed E-state index contributed by atoms with van der Waals surface area (Å²) in [6.45, 7) is 1.39. The number of aliphatic hydroxyl groups excluding tert-OH is 2. The predicted molar refractivity (Wildman–Crippen MR) is 93.2 cm³/mol. The molecule has 5 unspecified atom stereocenters. The third kappa shape index (κ3) is 1.47. The van der Waals surface area contributed by atoms with Crippen LogP contribution in [0.5, 0.6) is 0 Å². The van der Waals surface area contributed by atoms with Gasteiger partial charge in [-0.2, -0.15) is 0 Å².